The van der Waals surface area contributed by atoms with E-state index in [1.54, 1.807) is 23.9 Å². The molecule has 0 saturated carbocycles. The zero-order chi connectivity index (χ0) is 12.4. The summed E-state index contributed by atoms with van der Waals surface area (Å²) in [5.41, 5.74) is 6.27. The molecule has 0 aliphatic carbocycles. The first-order valence-electron chi connectivity index (χ1n) is 5.12. The number of benzene rings is 1. The van der Waals surface area contributed by atoms with E-state index in [0.717, 1.165) is 0 Å². The van der Waals surface area contributed by atoms with Gasteiger partial charge in [0.2, 0.25) is 0 Å². The molecular formula is C11H12ClFN4. The van der Waals surface area contributed by atoms with Crippen LogP contribution in [0.2, 0.25) is 5.02 Å². The number of nitrogens with zero attached hydrogens (tertiary/aromatic N) is 3. The number of hydrogen-bond donors (Lipinski definition) is 1. The summed E-state index contributed by atoms with van der Waals surface area (Å²) in [5.74, 6) is 0.295. The maximum atomic E-state index is 13.6. The van der Waals surface area contributed by atoms with E-state index in [1.165, 1.54) is 12.4 Å². The third kappa shape index (κ3) is 2.45. The van der Waals surface area contributed by atoms with Gasteiger partial charge >= 0.3 is 0 Å². The summed E-state index contributed by atoms with van der Waals surface area (Å²) in [6.45, 7) is 0. The van der Waals surface area contributed by atoms with Crippen LogP contribution in [0.4, 0.5) is 4.39 Å². The molecule has 0 spiro atoms. The summed E-state index contributed by atoms with van der Waals surface area (Å²) in [6.07, 6.45) is 1.82. The smallest absolute Gasteiger partial charge is 0.138 e. The van der Waals surface area contributed by atoms with Crippen LogP contribution in [0.3, 0.4) is 0 Å². The molecule has 1 aromatic carbocycles. The van der Waals surface area contributed by atoms with Gasteiger partial charge in [-0.05, 0) is 12.1 Å². The number of aromatic nitrogens is 3. The monoisotopic (exact) mass is 254 g/mol. The fraction of sp³-hybridized carbons (Fsp3) is 0.273. The van der Waals surface area contributed by atoms with Gasteiger partial charge in [-0.1, -0.05) is 17.7 Å². The second-order valence-corrected chi connectivity index (χ2v) is 4.15. The highest BCUT2D eigenvalue weighted by Gasteiger charge is 2.17. The zero-order valence-electron chi connectivity index (χ0n) is 9.27. The van der Waals surface area contributed by atoms with E-state index < -0.39 is 11.9 Å². The average Bonchev–Trinajstić information content (AvgIpc) is 2.64. The summed E-state index contributed by atoms with van der Waals surface area (Å²) >= 11 is 5.94. The molecule has 0 radical (unpaired) electrons. The lowest BCUT2D eigenvalue weighted by Gasteiger charge is -2.13. The van der Waals surface area contributed by atoms with Crippen molar-refractivity contribution < 1.29 is 4.39 Å². The Hall–Kier alpha value is -1.46. The third-order valence-corrected chi connectivity index (χ3v) is 2.91. The van der Waals surface area contributed by atoms with E-state index in [4.69, 9.17) is 17.3 Å². The van der Waals surface area contributed by atoms with Crippen molar-refractivity contribution in [1.82, 2.24) is 14.8 Å². The molecule has 4 nitrogen and oxygen atoms in total. The molecule has 90 valence electrons. The second kappa shape index (κ2) is 4.81. The Morgan fingerprint density at radius 1 is 1.53 bits per heavy atom. The Labute approximate surface area is 103 Å². The lowest BCUT2D eigenvalue weighted by molar-refractivity contribution is 0.565. The van der Waals surface area contributed by atoms with Crippen LogP contribution in [0.25, 0.3) is 0 Å². The lowest BCUT2D eigenvalue weighted by atomic mass is 10.0. The van der Waals surface area contributed by atoms with Gasteiger partial charge in [0.25, 0.3) is 0 Å². The minimum atomic E-state index is -0.536. The number of hydrogen-bond acceptors (Lipinski definition) is 3. The molecule has 0 amide bonds. The van der Waals surface area contributed by atoms with Crippen molar-refractivity contribution in [2.75, 3.05) is 0 Å². The minimum Gasteiger partial charge on any atom is -0.323 e. The molecule has 0 bridgehead atoms. The van der Waals surface area contributed by atoms with Crippen LogP contribution in [0.15, 0.2) is 24.5 Å². The minimum absolute atomic E-state index is 0.317. The Morgan fingerprint density at radius 3 is 2.88 bits per heavy atom. The highest BCUT2D eigenvalue weighted by Crippen LogP contribution is 2.26. The molecule has 17 heavy (non-hydrogen) atoms. The molecule has 2 rings (SSSR count). The van der Waals surface area contributed by atoms with Crippen LogP contribution in [0, 0.1) is 5.82 Å². The first-order chi connectivity index (χ1) is 8.09. The molecule has 1 aromatic heterocycles. The van der Waals surface area contributed by atoms with Gasteiger partial charge in [-0.3, -0.25) is 4.68 Å². The van der Waals surface area contributed by atoms with Crippen molar-refractivity contribution in [2.45, 2.75) is 12.5 Å². The number of aryl methyl sites for hydroxylation is 1. The number of rotatable bonds is 3. The van der Waals surface area contributed by atoms with Crippen molar-refractivity contribution in [3.63, 3.8) is 0 Å². The molecule has 1 atom stereocenters. The molecule has 1 heterocycles. The Balaban J connectivity index is 2.26. The molecule has 0 saturated heterocycles. The van der Waals surface area contributed by atoms with Gasteiger partial charge in [-0.15, -0.1) is 0 Å². The van der Waals surface area contributed by atoms with E-state index in [9.17, 15) is 4.39 Å². The van der Waals surface area contributed by atoms with Gasteiger partial charge in [-0.2, -0.15) is 5.10 Å². The van der Waals surface area contributed by atoms with E-state index in [-0.39, 0.29) is 0 Å². The van der Waals surface area contributed by atoms with Crippen LogP contribution in [0.5, 0.6) is 0 Å². The molecule has 2 N–H and O–H groups in total. The predicted octanol–water partition coefficient (Wildman–Crippen LogP) is 1.85. The van der Waals surface area contributed by atoms with Gasteiger partial charge in [0.1, 0.15) is 18.0 Å². The van der Waals surface area contributed by atoms with Gasteiger partial charge < -0.3 is 5.73 Å². The fourth-order valence-electron chi connectivity index (χ4n) is 1.67. The fourth-order valence-corrected chi connectivity index (χ4v) is 1.97. The SMILES string of the molecule is Cn1ncnc1CC(N)c1c(F)cccc1Cl. The van der Waals surface area contributed by atoms with Crippen LogP contribution >= 0.6 is 11.6 Å². The molecule has 1 unspecified atom stereocenters. The highest BCUT2D eigenvalue weighted by atomic mass is 35.5. The van der Waals surface area contributed by atoms with Gasteiger partial charge in [0.15, 0.2) is 0 Å². The van der Waals surface area contributed by atoms with E-state index in [2.05, 4.69) is 10.1 Å². The summed E-state index contributed by atoms with van der Waals surface area (Å²) in [6, 6.07) is 3.98. The van der Waals surface area contributed by atoms with Crippen LogP contribution in [-0.2, 0) is 13.5 Å². The largest absolute Gasteiger partial charge is 0.323 e. The third-order valence-electron chi connectivity index (χ3n) is 2.58. The van der Waals surface area contributed by atoms with Gasteiger partial charge in [0, 0.05) is 30.1 Å². The summed E-state index contributed by atoms with van der Waals surface area (Å²) in [4.78, 5) is 4.05. The first-order valence-corrected chi connectivity index (χ1v) is 5.49. The van der Waals surface area contributed by atoms with Crippen molar-refractivity contribution in [1.29, 1.82) is 0 Å². The quantitative estimate of drug-likeness (QED) is 0.910. The van der Waals surface area contributed by atoms with E-state index in [1.807, 2.05) is 0 Å². The van der Waals surface area contributed by atoms with Gasteiger partial charge in [0.05, 0.1) is 0 Å². The molecule has 2 aromatic rings. The van der Waals surface area contributed by atoms with Crippen LogP contribution in [-0.4, -0.2) is 14.8 Å². The van der Waals surface area contributed by atoms with Crippen LogP contribution in [0.1, 0.15) is 17.4 Å². The highest BCUT2D eigenvalue weighted by molar-refractivity contribution is 6.31. The lowest BCUT2D eigenvalue weighted by Crippen LogP contribution is -2.18. The van der Waals surface area contributed by atoms with E-state index in [0.29, 0.717) is 22.8 Å². The first kappa shape index (κ1) is 12.0. The maximum absolute atomic E-state index is 13.6. The maximum Gasteiger partial charge on any atom is 0.138 e. The molecule has 0 aliphatic heterocycles. The van der Waals surface area contributed by atoms with Crippen LogP contribution < -0.4 is 5.73 Å². The Kier molecular flexibility index (Phi) is 3.40. The van der Waals surface area contributed by atoms with Gasteiger partial charge in [-0.25, -0.2) is 9.37 Å². The molecular weight excluding hydrogens is 243 g/mol. The second-order valence-electron chi connectivity index (χ2n) is 3.75. The average molecular weight is 255 g/mol. The van der Waals surface area contributed by atoms with E-state index >= 15 is 0 Å². The van der Waals surface area contributed by atoms with Crippen molar-refractivity contribution >= 4 is 11.6 Å². The van der Waals surface area contributed by atoms with Crippen molar-refractivity contribution in [3.8, 4) is 0 Å². The normalized spacial score (nSPS) is 12.7. The zero-order valence-corrected chi connectivity index (χ0v) is 10.0. The summed E-state index contributed by atoms with van der Waals surface area (Å²) < 4.78 is 15.2. The Morgan fingerprint density at radius 2 is 2.29 bits per heavy atom. The molecule has 6 heteroatoms. The van der Waals surface area contributed by atoms with Crippen molar-refractivity contribution in [3.05, 3.63) is 46.8 Å². The standard InChI is InChI=1S/C11H12ClFN4/c1-17-10(15-6-16-17)5-9(14)11-7(12)3-2-4-8(11)13/h2-4,6,9H,5,14H2,1H3. The predicted molar refractivity (Wildman–Crippen MR) is 63.0 cm³/mol. The molecule has 0 aliphatic rings. The Bertz CT molecular complexity index is 506. The molecule has 0 fully saturated rings. The number of halogens is 2. The van der Waals surface area contributed by atoms with Crippen molar-refractivity contribution in [2.24, 2.45) is 12.8 Å². The topological polar surface area (TPSA) is 56.7 Å². The number of nitrogens with two attached hydrogens (primary N) is 1. The summed E-state index contributed by atoms with van der Waals surface area (Å²) in [7, 11) is 1.76. The summed E-state index contributed by atoms with van der Waals surface area (Å²) in [5, 5.41) is 4.26.